The topological polar surface area (TPSA) is 146 Å². The molecule has 3 N–H and O–H groups in total. The van der Waals surface area contributed by atoms with Gasteiger partial charge in [-0.3, -0.25) is 14.4 Å². The van der Waals surface area contributed by atoms with Crippen molar-refractivity contribution in [2.45, 2.75) is 78.7 Å². The van der Waals surface area contributed by atoms with Crippen molar-refractivity contribution < 1.29 is 38.1 Å². The van der Waals surface area contributed by atoms with E-state index in [1.54, 1.807) is 33.2 Å². The largest absolute Gasteiger partial charge is 0.496 e. The molecular formula is C55H67N3O8. The van der Waals surface area contributed by atoms with Gasteiger partial charge in [0.2, 0.25) is 11.8 Å². The van der Waals surface area contributed by atoms with Gasteiger partial charge in [-0.25, -0.2) is 4.79 Å². The number of ether oxygens (including phenoxy) is 4. The highest BCUT2D eigenvalue weighted by molar-refractivity contribution is 5.87. The van der Waals surface area contributed by atoms with Crippen molar-refractivity contribution in [3.05, 3.63) is 143 Å². The monoisotopic (exact) mass is 897 g/mol. The second-order valence-corrected chi connectivity index (χ2v) is 17.3. The fraction of sp³-hybridized carbons (Fsp3) is 0.382. The number of hydrogen-bond acceptors (Lipinski definition) is 8. The zero-order valence-electron chi connectivity index (χ0n) is 40.0. The number of alkyl carbamates (subject to hydrolysis) is 1. The number of benzene rings is 5. The van der Waals surface area contributed by atoms with E-state index < -0.39 is 6.09 Å². The minimum atomic E-state index is -0.465. The number of methoxy groups -OCH3 is 2. The molecule has 2 aliphatic carbocycles. The zero-order chi connectivity index (χ0) is 47.9. The molecule has 0 radical (unpaired) electrons. The van der Waals surface area contributed by atoms with Crippen LogP contribution in [0.1, 0.15) is 99.1 Å². The Hall–Kier alpha value is -6.62. The molecular weight excluding hydrogens is 831 g/mol. The molecule has 0 aliphatic heterocycles. The van der Waals surface area contributed by atoms with Gasteiger partial charge in [-0.15, -0.1) is 0 Å². The van der Waals surface area contributed by atoms with Crippen molar-refractivity contribution in [1.82, 2.24) is 10.2 Å². The average Bonchev–Trinajstić information content (AvgIpc) is 3.82. The van der Waals surface area contributed by atoms with Gasteiger partial charge in [0, 0.05) is 44.7 Å². The highest BCUT2D eigenvalue weighted by Crippen LogP contribution is 2.46. The van der Waals surface area contributed by atoms with Crippen LogP contribution in [0.5, 0.6) is 11.5 Å². The Balaban J connectivity index is 0.000000200. The van der Waals surface area contributed by atoms with E-state index in [0.29, 0.717) is 31.1 Å². The number of nitrogens with zero attached hydrogens (tertiary/aromatic N) is 1. The third kappa shape index (κ3) is 12.2. The van der Waals surface area contributed by atoms with E-state index in [-0.39, 0.29) is 54.6 Å². The van der Waals surface area contributed by atoms with Gasteiger partial charge in [0.05, 0.1) is 26.3 Å². The first-order chi connectivity index (χ1) is 31.8. The molecule has 66 heavy (non-hydrogen) atoms. The summed E-state index contributed by atoms with van der Waals surface area (Å²) in [4.78, 5) is 48.7. The van der Waals surface area contributed by atoms with Gasteiger partial charge in [0.1, 0.15) is 24.7 Å². The van der Waals surface area contributed by atoms with Crippen molar-refractivity contribution >= 4 is 23.9 Å². The summed E-state index contributed by atoms with van der Waals surface area (Å²) in [5.74, 6) is 0.809. The quantitative estimate of drug-likeness (QED) is 0.0931. The van der Waals surface area contributed by atoms with Crippen LogP contribution in [0.25, 0.3) is 22.3 Å². The van der Waals surface area contributed by atoms with Crippen molar-refractivity contribution in [3.8, 4) is 33.8 Å². The van der Waals surface area contributed by atoms with E-state index in [1.165, 1.54) is 51.4 Å². The summed E-state index contributed by atoms with van der Waals surface area (Å²) in [5.41, 5.74) is 17.1. The van der Waals surface area contributed by atoms with E-state index in [1.807, 2.05) is 67.6 Å². The van der Waals surface area contributed by atoms with Crippen LogP contribution in [0.3, 0.4) is 0 Å². The number of esters is 1. The van der Waals surface area contributed by atoms with Gasteiger partial charge in [-0.05, 0) is 81.3 Å². The molecule has 0 saturated carbocycles. The van der Waals surface area contributed by atoms with Crippen molar-refractivity contribution in [2.24, 2.45) is 23.5 Å². The van der Waals surface area contributed by atoms with Gasteiger partial charge >= 0.3 is 12.1 Å². The van der Waals surface area contributed by atoms with E-state index >= 15 is 0 Å². The lowest BCUT2D eigenvalue weighted by atomic mass is 9.81. The van der Waals surface area contributed by atoms with Crippen molar-refractivity contribution in [1.29, 1.82) is 0 Å². The van der Waals surface area contributed by atoms with Gasteiger partial charge in [0.25, 0.3) is 0 Å². The van der Waals surface area contributed by atoms with E-state index in [4.69, 9.17) is 24.7 Å². The highest BCUT2D eigenvalue weighted by Gasteiger charge is 2.34. The number of nitrogens with two attached hydrogens (primary N) is 1. The number of aryl methyl sites for hydroxylation is 1. The number of fused-ring (bicyclic) bond motifs is 6. The number of amides is 3. The maximum Gasteiger partial charge on any atom is 0.407 e. The van der Waals surface area contributed by atoms with Gasteiger partial charge in [-0.2, -0.15) is 0 Å². The normalized spacial score (nSPS) is 12.9. The molecule has 0 aromatic heterocycles. The maximum atomic E-state index is 12.5. The molecule has 11 nitrogen and oxygen atoms in total. The maximum absolute atomic E-state index is 12.5. The van der Waals surface area contributed by atoms with Gasteiger partial charge in [-0.1, -0.05) is 137 Å². The summed E-state index contributed by atoms with van der Waals surface area (Å²) in [6.07, 6.45) is 2.62. The lowest BCUT2D eigenvalue weighted by molar-refractivity contribution is -0.141. The molecule has 11 heteroatoms. The van der Waals surface area contributed by atoms with Gasteiger partial charge in [0.15, 0.2) is 0 Å². The smallest absolute Gasteiger partial charge is 0.407 e. The number of rotatable bonds is 16. The fourth-order valence-electron chi connectivity index (χ4n) is 9.13. The second-order valence-electron chi connectivity index (χ2n) is 17.3. The molecule has 350 valence electrons. The minimum absolute atomic E-state index is 0.0101. The Labute approximate surface area is 391 Å². The van der Waals surface area contributed by atoms with Crippen LogP contribution in [0.4, 0.5) is 4.79 Å². The van der Waals surface area contributed by atoms with Crippen LogP contribution < -0.4 is 20.5 Å². The minimum Gasteiger partial charge on any atom is -0.496 e. The molecule has 3 amide bonds. The number of hydrogen-bond donors (Lipinski definition) is 2. The fourth-order valence-corrected chi connectivity index (χ4v) is 9.13. The Kier molecular flexibility index (Phi) is 18.4. The molecule has 0 fully saturated rings. The molecule has 5 aromatic carbocycles. The first-order valence-corrected chi connectivity index (χ1v) is 22.9. The third-order valence-corrected chi connectivity index (χ3v) is 12.2. The van der Waals surface area contributed by atoms with Crippen LogP contribution in [-0.2, 0) is 36.8 Å². The SMILES string of the molecule is CC(=O)OCC1c2ccccc2-c2ccccc21.CCC[C@H](C(N)=O)[C@@H](CC(C)C)C(=O)N(C)C.CCc1ccc(OC)c(CNC(=O)OCC2c3ccccc3-c3ccccc32)c1OC. The molecule has 2 atom stereocenters. The second kappa shape index (κ2) is 24.1. The van der Waals surface area contributed by atoms with Crippen LogP contribution in [-0.4, -0.2) is 70.3 Å². The highest BCUT2D eigenvalue weighted by atomic mass is 16.5. The lowest BCUT2D eigenvalue weighted by Gasteiger charge is -2.27. The molecule has 0 bridgehead atoms. The zero-order valence-corrected chi connectivity index (χ0v) is 40.0. The summed E-state index contributed by atoms with van der Waals surface area (Å²) >= 11 is 0. The predicted molar refractivity (Wildman–Crippen MR) is 260 cm³/mol. The Bertz CT molecular complexity index is 2350. The number of nitrogens with one attached hydrogen (secondary N) is 1. The summed E-state index contributed by atoms with van der Waals surface area (Å²) in [6.45, 7) is 10.6. The molecule has 0 heterocycles. The Morgan fingerprint density at radius 3 is 1.52 bits per heavy atom. The first-order valence-electron chi connectivity index (χ1n) is 22.9. The average molecular weight is 898 g/mol. The Morgan fingerprint density at radius 1 is 0.667 bits per heavy atom. The standard InChI is InChI=1S/C26H27NO4.C16H14O2.C13H26N2O2/c1-4-17-13-14-24(29-2)22(25(17)30-3)15-27-26(28)31-16-23-20-11-7-5-9-18(20)19-10-6-8-12-21(19)23;1-11(17)18-10-16-14-8-4-2-6-12(14)13-7-3-5-9-15(13)16;1-6-7-10(12(14)16)11(8-9(2)3)13(17)15(4)5/h5-14,23H,4,15-16H2,1-3H3,(H,27,28);2-9,16H,10H2,1H3;9-11H,6-8H2,1-5H3,(H2,14,16)/t;;10-,11+/m..0/s1. The van der Waals surface area contributed by atoms with E-state index in [2.05, 4.69) is 74.6 Å². The molecule has 7 rings (SSSR count). The van der Waals surface area contributed by atoms with Crippen LogP contribution >= 0.6 is 0 Å². The first kappa shape index (κ1) is 50.4. The summed E-state index contributed by atoms with van der Waals surface area (Å²) in [7, 11) is 6.68. The molecule has 0 spiro atoms. The molecule has 5 aromatic rings. The Morgan fingerprint density at radius 2 is 1.14 bits per heavy atom. The van der Waals surface area contributed by atoms with Gasteiger partial charge < -0.3 is 34.9 Å². The lowest BCUT2D eigenvalue weighted by Crippen LogP contribution is -2.40. The van der Waals surface area contributed by atoms with Crippen molar-refractivity contribution in [2.75, 3.05) is 41.5 Å². The molecule has 0 unspecified atom stereocenters. The van der Waals surface area contributed by atoms with E-state index in [9.17, 15) is 19.2 Å². The molecule has 0 saturated heterocycles. The number of carbonyl (C=O) groups excluding carboxylic acids is 4. The third-order valence-electron chi connectivity index (χ3n) is 12.2. The number of primary amides is 1. The van der Waals surface area contributed by atoms with E-state index in [0.717, 1.165) is 29.7 Å². The van der Waals surface area contributed by atoms with Crippen LogP contribution in [0, 0.1) is 17.8 Å². The summed E-state index contributed by atoms with van der Waals surface area (Å²) in [6, 6.07) is 37.1. The summed E-state index contributed by atoms with van der Waals surface area (Å²) < 4.78 is 21.9. The predicted octanol–water partition coefficient (Wildman–Crippen LogP) is 10.3. The van der Waals surface area contributed by atoms with Crippen molar-refractivity contribution in [3.63, 3.8) is 0 Å². The summed E-state index contributed by atoms with van der Waals surface area (Å²) in [5, 5.41) is 2.85. The number of carbonyl (C=O) groups is 4. The van der Waals surface area contributed by atoms with Crippen LogP contribution in [0.2, 0.25) is 0 Å². The van der Waals surface area contributed by atoms with Crippen LogP contribution in [0.15, 0.2) is 109 Å². The molecule has 2 aliphatic rings.